The number of aliphatic hydroxyl groups is 1. The van der Waals surface area contributed by atoms with Crippen LogP contribution in [0.25, 0.3) is 10.9 Å². The molecule has 1 heterocycles. The highest BCUT2D eigenvalue weighted by molar-refractivity contribution is 6.31. The fraction of sp³-hybridized carbons (Fsp3) is 0.158. The van der Waals surface area contributed by atoms with Gasteiger partial charge in [0.05, 0.1) is 12.1 Å². The van der Waals surface area contributed by atoms with Crippen molar-refractivity contribution in [1.82, 2.24) is 4.57 Å². The van der Waals surface area contributed by atoms with E-state index in [9.17, 15) is 24.2 Å². The summed E-state index contributed by atoms with van der Waals surface area (Å²) in [6.45, 7) is -0.0236. The van der Waals surface area contributed by atoms with Gasteiger partial charge in [-0.3, -0.25) is 4.79 Å². The number of rotatable bonds is 5. The van der Waals surface area contributed by atoms with E-state index >= 15 is 0 Å². The van der Waals surface area contributed by atoms with Crippen LogP contribution in [0.3, 0.4) is 0 Å². The molecule has 2 aromatic carbocycles. The number of carbonyl (C=O) groups is 1. The molecule has 7 heteroatoms. The zero-order valence-electron chi connectivity index (χ0n) is 13.6. The largest absolute Gasteiger partial charge is 0.477 e. The molecule has 3 rings (SSSR count). The highest BCUT2D eigenvalue weighted by atomic mass is 35.5. The van der Waals surface area contributed by atoms with Crippen molar-refractivity contribution in [2.75, 3.05) is 6.61 Å². The summed E-state index contributed by atoms with van der Waals surface area (Å²) < 4.78 is 14.7. The summed E-state index contributed by atoms with van der Waals surface area (Å²) >= 11 is 6.05. The highest BCUT2D eigenvalue weighted by Crippen LogP contribution is 2.22. The third-order valence-corrected chi connectivity index (χ3v) is 4.48. The predicted molar refractivity (Wildman–Crippen MR) is 96.5 cm³/mol. The molecule has 0 bridgehead atoms. The van der Waals surface area contributed by atoms with Gasteiger partial charge >= 0.3 is 5.97 Å². The van der Waals surface area contributed by atoms with Crippen molar-refractivity contribution in [3.8, 4) is 0 Å². The highest BCUT2D eigenvalue weighted by Gasteiger charge is 2.15. The molecule has 134 valence electrons. The van der Waals surface area contributed by atoms with E-state index in [4.69, 9.17) is 11.6 Å². The fourth-order valence-corrected chi connectivity index (χ4v) is 3.12. The third kappa shape index (κ3) is 3.47. The third-order valence-electron chi connectivity index (χ3n) is 4.13. The van der Waals surface area contributed by atoms with Gasteiger partial charge in [0.15, 0.2) is 0 Å². The van der Waals surface area contributed by atoms with Gasteiger partial charge in [0.2, 0.25) is 5.43 Å². The van der Waals surface area contributed by atoms with E-state index in [0.717, 1.165) is 5.56 Å². The Morgan fingerprint density at radius 2 is 1.96 bits per heavy atom. The zero-order chi connectivity index (χ0) is 18.8. The Hall–Kier alpha value is -2.70. The number of carboxylic acids is 1. The van der Waals surface area contributed by atoms with Crippen molar-refractivity contribution in [3.63, 3.8) is 0 Å². The van der Waals surface area contributed by atoms with Crippen LogP contribution in [-0.2, 0) is 13.0 Å². The number of aliphatic hydroxyl groups excluding tert-OH is 1. The van der Waals surface area contributed by atoms with E-state index in [-0.39, 0.29) is 29.1 Å². The van der Waals surface area contributed by atoms with E-state index in [0.29, 0.717) is 17.5 Å². The smallest absolute Gasteiger partial charge is 0.341 e. The first-order valence-electron chi connectivity index (χ1n) is 7.85. The lowest BCUT2D eigenvalue weighted by Gasteiger charge is -2.12. The number of aromatic carboxylic acids is 1. The Morgan fingerprint density at radius 3 is 2.62 bits per heavy atom. The number of pyridine rings is 1. The Kier molecular flexibility index (Phi) is 5.06. The molecule has 0 atom stereocenters. The zero-order valence-corrected chi connectivity index (χ0v) is 14.3. The second kappa shape index (κ2) is 7.27. The maximum absolute atomic E-state index is 13.2. The van der Waals surface area contributed by atoms with Gasteiger partial charge in [-0.1, -0.05) is 23.7 Å². The minimum Gasteiger partial charge on any atom is -0.477 e. The first kappa shape index (κ1) is 18.1. The molecule has 0 amide bonds. The quantitative estimate of drug-likeness (QED) is 0.718. The number of hydrogen-bond acceptors (Lipinski definition) is 3. The van der Waals surface area contributed by atoms with Crippen LogP contribution < -0.4 is 5.43 Å². The number of carboxylic acid groups (broad SMARTS) is 1. The molecule has 26 heavy (non-hydrogen) atoms. The van der Waals surface area contributed by atoms with Crippen LogP contribution >= 0.6 is 11.6 Å². The number of fused-ring (bicyclic) bond motifs is 1. The van der Waals surface area contributed by atoms with Gasteiger partial charge < -0.3 is 14.8 Å². The lowest BCUT2D eigenvalue weighted by molar-refractivity contribution is 0.0694. The Labute approximate surface area is 152 Å². The van der Waals surface area contributed by atoms with E-state index in [2.05, 4.69) is 0 Å². The van der Waals surface area contributed by atoms with Crippen molar-refractivity contribution in [2.24, 2.45) is 0 Å². The molecule has 0 spiro atoms. The lowest BCUT2D eigenvalue weighted by Crippen LogP contribution is -2.19. The lowest BCUT2D eigenvalue weighted by atomic mass is 10.0. The van der Waals surface area contributed by atoms with Crippen molar-refractivity contribution >= 4 is 28.5 Å². The monoisotopic (exact) mass is 375 g/mol. The van der Waals surface area contributed by atoms with Gasteiger partial charge in [0.1, 0.15) is 11.4 Å². The minimum atomic E-state index is -1.32. The maximum Gasteiger partial charge on any atom is 0.341 e. The standard InChI is InChI=1S/C19H15ClFNO4/c20-16-9-13(21)3-2-12(16)7-11-1-4-17-14(8-11)18(24)15(19(25)26)10-22(17)5-6-23/h1-4,8-10,23H,5-7H2,(H,25,26). The summed E-state index contributed by atoms with van der Waals surface area (Å²) in [6.07, 6.45) is 1.60. The van der Waals surface area contributed by atoms with Crippen LogP contribution in [0.4, 0.5) is 4.39 Å². The molecule has 0 unspecified atom stereocenters. The van der Waals surface area contributed by atoms with Crippen LogP contribution in [0, 0.1) is 5.82 Å². The Morgan fingerprint density at radius 1 is 1.19 bits per heavy atom. The molecule has 0 saturated carbocycles. The van der Waals surface area contributed by atoms with Crippen molar-refractivity contribution in [3.05, 3.63) is 80.3 Å². The summed E-state index contributed by atoms with van der Waals surface area (Å²) in [5, 5.41) is 19.0. The molecule has 0 saturated heterocycles. The van der Waals surface area contributed by atoms with Gasteiger partial charge in [-0.15, -0.1) is 0 Å². The van der Waals surface area contributed by atoms with Crippen molar-refractivity contribution in [1.29, 1.82) is 0 Å². The van der Waals surface area contributed by atoms with E-state index in [1.165, 1.54) is 22.9 Å². The number of benzene rings is 2. The summed E-state index contributed by atoms with van der Waals surface area (Å²) in [7, 11) is 0. The first-order chi connectivity index (χ1) is 12.4. The molecule has 3 aromatic rings. The molecule has 0 aliphatic rings. The SMILES string of the molecule is O=C(O)c1cn(CCO)c2ccc(Cc3ccc(F)cc3Cl)cc2c1=O. The predicted octanol–water partition coefficient (Wildman–Crippen LogP) is 3.08. The van der Waals surface area contributed by atoms with E-state index in [1.54, 1.807) is 24.3 Å². The normalized spacial score (nSPS) is 11.0. The molecule has 0 aliphatic heterocycles. The minimum absolute atomic E-state index is 0.167. The molecular weight excluding hydrogens is 361 g/mol. The number of hydrogen-bond donors (Lipinski definition) is 2. The van der Waals surface area contributed by atoms with Gasteiger partial charge in [-0.25, -0.2) is 9.18 Å². The molecular formula is C19H15ClFNO4. The first-order valence-corrected chi connectivity index (χ1v) is 8.22. The fourth-order valence-electron chi connectivity index (χ4n) is 2.88. The van der Waals surface area contributed by atoms with Crippen molar-refractivity contribution in [2.45, 2.75) is 13.0 Å². The molecule has 0 aliphatic carbocycles. The second-order valence-corrected chi connectivity index (χ2v) is 6.27. The van der Waals surface area contributed by atoms with Crippen LogP contribution in [0.1, 0.15) is 21.5 Å². The average Bonchev–Trinajstić information content (AvgIpc) is 2.60. The number of halogens is 2. The summed E-state index contributed by atoms with van der Waals surface area (Å²) in [5.74, 6) is -1.76. The van der Waals surface area contributed by atoms with Crippen LogP contribution in [0.5, 0.6) is 0 Å². The summed E-state index contributed by atoms with van der Waals surface area (Å²) in [6, 6.07) is 9.19. The molecule has 0 radical (unpaired) electrons. The topological polar surface area (TPSA) is 79.5 Å². The van der Waals surface area contributed by atoms with Gasteiger partial charge in [0, 0.05) is 23.2 Å². The molecule has 0 fully saturated rings. The Balaban J connectivity index is 2.13. The van der Waals surface area contributed by atoms with E-state index in [1.807, 2.05) is 0 Å². The van der Waals surface area contributed by atoms with Crippen molar-refractivity contribution < 1.29 is 19.4 Å². The van der Waals surface area contributed by atoms with E-state index < -0.39 is 17.2 Å². The number of nitrogens with zero attached hydrogens (tertiary/aromatic N) is 1. The molecule has 1 aromatic heterocycles. The van der Waals surface area contributed by atoms with Crippen LogP contribution in [-0.4, -0.2) is 27.4 Å². The maximum atomic E-state index is 13.2. The van der Waals surface area contributed by atoms with Gasteiger partial charge in [0.25, 0.3) is 0 Å². The van der Waals surface area contributed by atoms with Gasteiger partial charge in [-0.2, -0.15) is 0 Å². The Bertz CT molecular complexity index is 1060. The summed E-state index contributed by atoms with van der Waals surface area (Å²) in [4.78, 5) is 23.9. The van der Waals surface area contributed by atoms with Crippen LogP contribution in [0.15, 0.2) is 47.4 Å². The number of aromatic nitrogens is 1. The van der Waals surface area contributed by atoms with Crippen LogP contribution in [0.2, 0.25) is 5.02 Å². The van der Waals surface area contributed by atoms with Gasteiger partial charge in [-0.05, 0) is 41.8 Å². The molecule has 5 nitrogen and oxygen atoms in total. The second-order valence-electron chi connectivity index (χ2n) is 5.86. The summed E-state index contributed by atoms with van der Waals surface area (Å²) in [5.41, 5.74) is 1.01. The molecule has 2 N–H and O–H groups in total. The average molecular weight is 376 g/mol.